The fourth-order valence-electron chi connectivity index (χ4n) is 2.96. The molecule has 3 rings (SSSR count). The number of aryl methyl sites for hydroxylation is 2. The summed E-state index contributed by atoms with van der Waals surface area (Å²) < 4.78 is 7.67. The lowest BCUT2D eigenvalue weighted by Gasteiger charge is -2.16. The number of carbonyl (C=O) groups excluding carboxylic acids is 1. The molecule has 2 heterocycles. The van der Waals surface area contributed by atoms with Crippen LogP contribution >= 0.6 is 11.8 Å². The highest BCUT2D eigenvalue weighted by Gasteiger charge is 2.23. The van der Waals surface area contributed by atoms with Crippen molar-refractivity contribution in [2.24, 2.45) is 0 Å². The number of hydrogen-bond donors (Lipinski definition) is 1. The van der Waals surface area contributed by atoms with E-state index in [1.54, 1.807) is 19.9 Å². The minimum atomic E-state index is -0.483. The normalized spacial score (nSPS) is 17.5. The van der Waals surface area contributed by atoms with Crippen molar-refractivity contribution in [3.63, 3.8) is 0 Å². The molecule has 28 heavy (non-hydrogen) atoms. The molecule has 1 saturated heterocycles. The standard InChI is InChI=1S/C18H23N5O4S/c1-11-6-7-14(23(25)26)9-16(11)19-17(24)12(2)28-18-21-20-13(3)22(18)10-15-5-4-8-27-15/h6-7,9,12,15H,4-5,8,10H2,1-3H3,(H,19,24)/t12-,15-/m1/s1. The summed E-state index contributed by atoms with van der Waals surface area (Å²) in [5, 5.41) is 22.3. The third kappa shape index (κ3) is 4.68. The van der Waals surface area contributed by atoms with Crippen LogP contribution in [-0.2, 0) is 16.1 Å². The molecular formula is C18H23N5O4S. The highest BCUT2D eigenvalue weighted by atomic mass is 32.2. The van der Waals surface area contributed by atoms with E-state index in [0.717, 1.165) is 30.8 Å². The van der Waals surface area contributed by atoms with Gasteiger partial charge >= 0.3 is 0 Å². The Kier molecular flexibility index (Phi) is 6.30. The zero-order chi connectivity index (χ0) is 20.3. The average molecular weight is 405 g/mol. The van der Waals surface area contributed by atoms with Gasteiger partial charge in [-0.25, -0.2) is 0 Å². The molecule has 0 bridgehead atoms. The number of rotatable bonds is 7. The Bertz CT molecular complexity index is 879. The molecule has 1 aliphatic heterocycles. The maximum atomic E-state index is 12.6. The SMILES string of the molecule is Cc1ccc([N+](=O)[O-])cc1NC(=O)[C@@H](C)Sc1nnc(C)n1C[C@H]1CCCO1. The molecule has 1 aromatic heterocycles. The lowest BCUT2D eigenvalue weighted by atomic mass is 10.2. The predicted octanol–water partition coefficient (Wildman–Crippen LogP) is 3.10. The predicted molar refractivity (Wildman–Crippen MR) is 106 cm³/mol. The second kappa shape index (κ2) is 8.70. The van der Waals surface area contributed by atoms with E-state index in [1.807, 2.05) is 11.5 Å². The van der Waals surface area contributed by atoms with Gasteiger partial charge in [0.2, 0.25) is 5.91 Å². The van der Waals surface area contributed by atoms with E-state index in [2.05, 4.69) is 15.5 Å². The number of benzene rings is 1. The number of nitrogens with one attached hydrogen (secondary N) is 1. The van der Waals surface area contributed by atoms with Gasteiger partial charge in [-0.1, -0.05) is 17.8 Å². The zero-order valence-corrected chi connectivity index (χ0v) is 16.9. The molecule has 10 heteroatoms. The van der Waals surface area contributed by atoms with Crippen LogP contribution in [0.3, 0.4) is 0 Å². The Balaban J connectivity index is 1.68. The third-order valence-electron chi connectivity index (χ3n) is 4.65. The Labute approximate surface area is 167 Å². The molecule has 1 aliphatic rings. The Morgan fingerprint density at radius 3 is 2.93 bits per heavy atom. The van der Waals surface area contributed by atoms with Crippen LogP contribution in [0, 0.1) is 24.0 Å². The number of non-ortho nitro benzene ring substituents is 1. The average Bonchev–Trinajstić information content (AvgIpc) is 3.28. The molecule has 150 valence electrons. The number of carbonyl (C=O) groups is 1. The number of hydrogen-bond acceptors (Lipinski definition) is 7. The molecule has 1 fully saturated rings. The first-order chi connectivity index (χ1) is 13.3. The number of ether oxygens (including phenoxy) is 1. The Morgan fingerprint density at radius 2 is 2.25 bits per heavy atom. The van der Waals surface area contributed by atoms with E-state index >= 15 is 0 Å². The number of amides is 1. The van der Waals surface area contributed by atoms with Crippen LogP contribution < -0.4 is 5.32 Å². The van der Waals surface area contributed by atoms with E-state index in [1.165, 1.54) is 23.9 Å². The minimum Gasteiger partial charge on any atom is -0.376 e. The number of nitro groups is 1. The molecule has 0 aliphatic carbocycles. The van der Waals surface area contributed by atoms with Crippen LogP contribution in [0.2, 0.25) is 0 Å². The van der Waals surface area contributed by atoms with E-state index < -0.39 is 10.2 Å². The third-order valence-corrected chi connectivity index (χ3v) is 5.73. The molecule has 1 amide bonds. The Hall–Kier alpha value is -2.46. The van der Waals surface area contributed by atoms with E-state index in [9.17, 15) is 14.9 Å². The second-order valence-corrected chi connectivity index (χ2v) is 8.09. The van der Waals surface area contributed by atoms with E-state index in [4.69, 9.17) is 4.74 Å². The van der Waals surface area contributed by atoms with Crippen molar-refractivity contribution >= 4 is 29.0 Å². The summed E-state index contributed by atoms with van der Waals surface area (Å²) in [6.45, 7) is 6.88. The number of nitro benzene ring substituents is 1. The molecule has 0 radical (unpaired) electrons. The number of thioether (sulfide) groups is 1. The molecule has 1 N–H and O–H groups in total. The molecule has 0 spiro atoms. The van der Waals surface area contributed by atoms with Gasteiger partial charge in [0.1, 0.15) is 5.82 Å². The van der Waals surface area contributed by atoms with Crippen molar-refractivity contribution in [3.05, 3.63) is 39.7 Å². The van der Waals surface area contributed by atoms with E-state index in [0.29, 0.717) is 17.4 Å². The monoisotopic (exact) mass is 405 g/mol. The molecule has 1 aromatic carbocycles. The molecule has 2 aromatic rings. The van der Waals surface area contributed by atoms with Gasteiger partial charge in [-0.05, 0) is 39.2 Å². The summed E-state index contributed by atoms with van der Waals surface area (Å²) in [5.74, 6) is 0.526. The fourth-order valence-corrected chi connectivity index (χ4v) is 3.86. The number of anilines is 1. The first-order valence-electron chi connectivity index (χ1n) is 9.09. The van der Waals surface area contributed by atoms with Gasteiger partial charge in [0, 0.05) is 18.7 Å². The first kappa shape index (κ1) is 20.3. The van der Waals surface area contributed by atoms with Crippen LogP contribution in [0.1, 0.15) is 31.2 Å². The van der Waals surface area contributed by atoms with Crippen LogP contribution in [0.25, 0.3) is 0 Å². The van der Waals surface area contributed by atoms with Gasteiger partial charge < -0.3 is 14.6 Å². The maximum absolute atomic E-state index is 12.6. The molecule has 9 nitrogen and oxygen atoms in total. The van der Waals surface area contributed by atoms with Crippen molar-refractivity contribution in [2.75, 3.05) is 11.9 Å². The molecular weight excluding hydrogens is 382 g/mol. The second-order valence-electron chi connectivity index (χ2n) is 6.78. The van der Waals surface area contributed by atoms with Gasteiger partial charge in [-0.3, -0.25) is 14.9 Å². The van der Waals surface area contributed by atoms with Gasteiger partial charge in [-0.2, -0.15) is 0 Å². The van der Waals surface area contributed by atoms with Crippen molar-refractivity contribution in [1.82, 2.24) is 14.8 Å². The number of aromatic nitrogens is 3. The fraction of sp³-hybridized carbons (Fsp3) is 0.500. The van der Waals surface area contributed by atoms with Gasteiger partial charge in [0.15, 0.2) is 5.16 Å². The van der Waals surface area contributed by atoms with Crippen LogP contribution in [-0.4, -0.2) is 43.6 Å². The molecule has 0 saturated carbocycles. The minimum absolute atomic E-state index is 0.0619. The van der Waals surface area contributed by atoms with Crippen molar-refractivity contribution < 1.29 is 14.5 Å². The van der Waals surface area contributed by atoms with E-state index in [-0.39, 0.29) is 17.7 Å². The summed E-state index contributed by atoms with van der Waals surface area (Å²) in [7, 11) is 0. The molecule has 0 unspecified atom stereocenters. The summed E-state index contributed by atoms with van der Waals surface area (Å²) in [4.78, 5) is 23.1. The largest absolute Gasteiger partial charge is 0.376 e. The Morgan fingerprint density at radius 1 is 1.46 bits per heavy atom. The smallest absolute Gasteiger partial charge is 0.271 e. The zero-order valence-electron chi connectivity index (χ0n) is 16.0. The van der Waals surface area contributed by atoms with Crippen LogP contribution in [0.4, 0.5) is 11.4 Å². The summed E-state index contributed by atoms with van der Waals surface area (Å²) >= 11 is 1.31. The van der Waals surface area contributed by atoms with Crippen molar-refractivity contribution in [3.8, 4) is 0 Å². The first-order valence-corrected chi connectivity index (χ1v) is 9.97. The number of nitrogens with zero attached hydrogens (tertiary/aromatic N) is 4. The lowest BCUT2D eigenvalue weighted by Crippen LogP contribution is -2.24. The quantitative estimate of drug-likeness (QED) is 0.428. The maximum Gasteiger partial charge on any atom is 0.271 e. The van der Waals surface area contributed by atoms with Crippen LogP contribution in [0.5, 0.6) is 0 Å². The van der Waals surface area contributed by atoms with Gasteiger partial charge in [0.05, 0.1) is 28.5 Å². The summed E-state index contributed by atoms with van der Waals surface area (Å²) in [6, 6.07) is 4.40. The van der Waals surface area contributed by atoms with Crippen molar-refractivity contribution in [1.29, 1.82) is 0 Å². The summed E-state index contributed by atoms with van der Waals surface area (Å²) in [6.07, 6.45) is 2.20. The van der Waals surface area contributed by atoms with Gasteiger partial charge in [0.25, 0.3) is 5.69 Å². The van der Waals surface area contributed by atoms with Gasteiger partial charge in [-0.15, -0.1) is 10.2 Å². The van der Waals surface area contributed by atoms with Crippen LogP contribution in [0.15, 0.2) is 23.4 Å². The lowest BCUT2D eigenvalue weighted by molar-refractivity contribution is -0.384. The molecule has 2 atom stereocenters. The van der Waals surface area contributed by atoms with Crippen molar-refractivity contribution in [2.45, 2.75) is 56.7 Å². The highest BCUT2D eigenvalue weighted by molar-refractivity contribution is 8.00. The topological polar surface area (TPSA) is 112 Å². The summed E-state index contributed by atoms with van der Waals surface area (Å²) in [5.41, 5.74) is 1.13. The highest BCUT2D eigenvalue weighted by Crippen LogP contribution is 2.27.